The van der Waals surface area contributed by atoms with Crippen LogP contribution >= 0.6 is 11.3 Å². The molecule has 3 nitrogen and oxygen atoms in total. The monoisotopic (exact) mass is 380 g/mol. The van der Waals surface area contributed by atoms with Crippen LogP contribution in [0.3, 0.4) is 0 Å². The second-order valence-corrected chi connectivity index (χ2v) is 7.47. The van der Waals surface area contributed by atoms with Crippen LogP contribution in [0.5, 0.6) is 5.75 Å². The fourth-order valence-corrected chi connectivity index (χ4v) is 4.13. The van der Waals surface area contributed by atoms with Crippen molar-refractivity contribution in [2.24, 2.45) is 0 Å². The summed E-state index contributed by atoms with van der Waals surface area (Å²) in [4.78, 5) is 12.9. The van der Waals surface area contributed by atoms with Gasteiger partial charge in [-0.2, -0.15) is 0 Å². The van der Waals surface area contributed by atoms with E-state index in [-0.39, 0.29) is 11.9 Å². The highest BCUT2D eigenvalue weighted by molar-refractivity contribution is 7.12. The quantitative estimate of drug-likeness (QED) is 0.470. The van der Waals surface area contributed by atoms with E-state index < -0.39 is 0 Å². The number of ketones is 1. The Bertz CT molecular complexity index is 954. The first-order valence-electron chi connectivity index (χ1n) is 8.87. The molecule has 1 atom stereocenters. The Morgan fingerprint density at radius 2 is 1.70 bits per heavy atom. The first-order chi connectivity index (χ1) is 13.0. The maximum absolute atomic E-state index is 12.1. The van der Waals surface area contributed by atoms with Gasteiger partial charge in [-0.3, -0.25) is 4.79 Å². The first kappa shape index (κ1) is 19.3. The molecular formula is C23H24O3S. The summed E-state index contributed by atoms with van der Waals surface area (Å²) in [6, 6.07) is 14.4. The lowest BCUT2D eigenvalue weighted by molar-refractivity contribution is 0.102. The Hall–Kier alpha value is -2.43. The lowest BCUT2D eigenvalue weighted by Gasteiger charge is -2.18. The Labute approximate surface area is 164 Å². The molecule has 0 saturated carbocycles. The zero-order valence-corrected chi connectivity index (χ0v) is 17.1. The fourth-order valence-electron chi connectivity index (χ4n) is 3.33. The SMILES string of the molecule is COc1ccc(C)c(-c2ccsc2C(C)=O)c1-c1ccc(C(C)OC)cc1. The van der Waals surface area contributed by atoms with Crippen LogP contribution in [0, 0.1) is 6.92 Å². The van der Waals surface area contributed by atoms with Gasteiger partial charge in [-0.25, -0.2) is 0 Å². The van der Waals surface area contributed by atoms with E-state index in [2.05, 4.69) is 31.2 Å². The molecule has 1 heterocycles. The van der Waals surface area contributed by atoms with Crippen molar-refractivity contribution in [1.29, 1.82) is 0 Å². The van der Waals surface area contributed by atoms with E-state index in [0.29, 0.717) is 0 Å². The molecule has 0 amide bonds. The van der Waals surface area contributed by atoms with Gasteiger partial charge in [0.15, 0.2) is 5.78 Å². The van der Waals surface area contributed by atoms with E-state index in [4.69, 9.17) is 9.47 Å². The van der Waals surface area contributed by atoms with Crippen molar-refractivity contribution in [3.63, 3.8) is 0 Å². The van der Waals surface area contributed by atoms with Crippen molar-refractivity contribution in [2.75, 3.05) is 14.2 Å². The molecule has 1 aromatic heterocycles. The minimum absolute atomic E-state index is 0.0408. The minimum atomic E-state index is 0.0408. The minimum Gasteiger partial charge on any atom is -0.496 e. The second kappa shape index (κ2) is 8.07. The molecule has 3 aromatic rings. The van der Waals surface area contributed by atoms with Crippen LogP contribution in [0.15, 0.2) is 47.8 Å². The van der Waals surface area contributed by atoms with E-state index in [9.17, 15) is 4.79 Å². The maximum atomic E-state index is 12.1. The third-order valence-corrected chi connectivity index (χ3v) is 5.89. The molecule has 0 spiro atoms. The number of aryl methyl sites for hydroxylation is 1. The molecule has 1 unspecified atom stereocenters. The largest absolute Gasteiger partial charge is 0.496 e. The van der Waals surface area contributed by atoms with Crippen molar-refractivity contribution in [3.05, 3.63) is 63.8 Å². The summed E-state index contributed by atoms with van der Waals surface area (Å²) in [6.07, 6.45) is 0.0408. The number of thiophene rings is 1. The van der Waals surface area contributed by atoms with Gasteiger partial charge in [-0.05, 0) is 60.5 Å². The number of Topliss-reactive ketones (excluding diaryl/α,β-unsaturated/α-hetero) is 1. The predicted molar refractivity (Wildman–Crippen MR) is 112 cm³/mol. The second-order valence-electron chi connectivity index (χ2n) is 6.55. The van der Waals surface area contributed by atoms with Crippen LogP contribution in [0.2, 0.25) is 0 Å². The number of methoxy groups -OCH3 is 2. The van der Waals surface area contributed by atoms with Crippen LogP contribution in [-0.2, 0) is 4.74 Å². The van der Waals surface area contributed by atoms with Gasteiger partial charge < -0.3 is 9.47 Å². The molecule has 0 N–H and O–H groups in total. The molecule has 0 bridgehead atoms. The molecule has 0 radical (unpaired) electrons. The molecule has 0 aliphatic carbocycles. The number of benzene rings is 2. The van der Waals surface area contributed by atoms with Crippen molar-refractivity contribution >= 4 is 17.1 Å². The highest BCUT2D eigenvalue weighted by Gasteiger charge is 2.20. The average Bonchev–Trinajstić information content (AvgIpc) is 3.17. The van der Waals surface area contributed by atoms with Gasteiger partial charge >= 0.3 is 0 Å². The molecular weight excluding hydrogens is 356 g/mol. The van der Waals surface area contributed by atoms with Crippen LogP contribution in [-0.4, -0.2) is 20.0 Å². The summed E-state index contributed by atoms with van der Waals surface area (Å²) in [5, 5.41) is 1.97. The normalized spacial score (nSPS) is 12.0. The number of carbonyl (C=O) groups excluding carboxylic acids is 1. The molecule has 0 fully saturated rings. The van der Waals surface area contributed by atoms with Crippen LogP contribution in [0.4, 0.5) is 0 Å². The number of hydrogen-bond acceptors (Lipinski definition) is 4. The Kier molecular flexibility index (Phi) is 5.78. The maximum Gasteiger partial charge on any atom is 0.170 e. The summed E-state index contributed by atoms with van der Waals surface area (Å²) in [5.74, 6) is 0.876. The molecule has 0 aliphatic rings. The predicted octanol–water partition coefficient (Wildman–Crippen LogP) is 6.31. The van der Waals surface area contributed by atoms with Crippen molar-refractivity contribution in [2.45, 2.75) is 26.9 Å². The third kappa shape index (κ3) is 3.68. The molecule has 4 heteroatoms. The average molecular weight is 381 g/mol. The number of carbonyl (C=O) groups is 1. The lowest BCUT2D eigenvalue weighted by Crippen LogP contribution is -1.98. The summed E-state index contributed by atoms with van der Waals surface area (Å²) in [5.41, 5.74) is 6.31. The van der Waals surface area contributed by atoms with Crippen LogP contribution < -0.4 is 4.74 Å². The molecule has 140 valence electrons. The highest BCUT2D eigenvalue weighted by Crippen LogP contribution is 2.44. The fraction of sp³-hybridized carbons (Fsp3) is 0.261. The summed E-state index contributed by atoms with van der Waals surface area (Å²) in [7, 11) is 3.39. The lowest BCUT2D eigenvalue weighted by atomic mass is 9.89. The van der Waals surface area contributed by atoms with Crippen molar-refractivity contribution in [3.8, 4) is 28.0 Å². The summed E-state index contributed by atoms with van der Waals surface area (Å²) < 4.78 is 11.1. The Morgan fingerprint density at radius 1 is 1.00 bits per heavy atom. The molecule has 2 aromatic carbocycles. The standard InChI is InChI=1S/C23H24O3S/c1-14-6-11-20(26-5)22(18-9-7-17(8-10-18)16(3)25-4)21(14)19-12-13-27-23(19)15(2)24/h6-13,16H,1-5H3. The van der Waals surface area contributed by atoms with Crippen molar-refractivity contribution < 1.29 is 14.3 Å². The van der Waals surface area contributed by atoms with E-state index in [1.165, 1.54) is 11.3 Å². The highest BCUT2D eigenvalue weighted by atomic mass is 32.1. The van der Waals surface area contributed by atoms with E-state index in [1.54, 1.807) is 21.1 Å². The van der Waals surface area contributed by atoms with Gasteiger partial charge in [0.1, 0.15) is 5.75 Å². The Balaban J connectivity index is 2.24. The van der Waals surface area contributed by atoms with Gasteiger partial charge in [-0.15, -0.1) is 11.3 Å². The molecule has 0 aliphatic heterocycles. The number of hydrogen-bond donors (Lipinski definition) is 0. The zero-order chi connectivity index (χ0) is 19.6. The summed E-state index contributed by atoms with van der Waals surface area (Å²) in [6.45, 7) is 5.71. The van der Waals surface area contributed by atoms with Crippen molar-refractivity contribution in [1.82, 2.24) is 0 Å². The van der Waals surface area contributed by atoms with Gasteiger partial charge in [0.25, 0.3) is 0 Å². The number of rotatable bonds is 6. The smallest absolute Gasteiger partial charge is 0.170 e. The topological polar surface area (TPSA) is 35.5 Å². The summed E-state index contributed by atoms with van der Waals surface area (Å²) >= 11 is 1.48. The van der Waals surface area contributed by atoms with Gasteiger partial charge in [0.2, 0.25) is 0 Å². The van der Waals surface area contributed by atoms with E-state index in [0.717, 1.165) is 44.0 Å². The van der Waals surface area contributed by atoms with Gasteiger partial charge in [0, 0.05) is 18.2 Å². The van der Waals surface area contributed by atoms with E-state index >= 15 is 0 Å². The van der Waals surface area contributed by atoms with Gasteiger partial charge in [0.05, 0.1) is 18.1 Å². The van der Waals surface area contributed by atoms with Crippen LogP contribution in [0.1, 0.15) is 40.8 Å². The van der Waals surface area contributed by atoms with E-state index in [1.807, 2.05) is 30.5 Å². The van der Waals surface area contributed by atoms with Gasteiger partial charge in [-0.1, -0.05) is 30.3 Å². The van der Waals surface area contributed by atoms with Crippen LogP contribution in [0.25, 0.3) is 22.3 Å². The zero-order valence-electron chi connectivity index (χ0n) is 16.3. The molecule has 0 saturated heterocycles. The third-order valence-electron chi connectivity index (χ3n) is 4.87. The first-order valence-corrected chi connectivity index (χ1v) is 9.75. The number of ether oxygens (including phenoxy) is 2. The molecule has 3 rings (SSSR count). The molecule has 27 heavy (non-hydrogen) atoms. The Morgan fingerprint density at radius 3 is 2.30 bits per heavy atom.